The minimum Gasteiger partial charge on any atom is -0.503 e. The number of nitrogens with one attached hydrogen (secondary N) is 1. The maximum Gasteiger partial charge on any atom is 0.335 e. The van der Waals surface area contributed by atoms with E-state index >= 15 is 0 Å². The molecule has 0 bridgehead atoms. The summed E-state index contributed by atoms with van der Waals surface area (Å²) in [7, 11) is 1.39. The van der Waals surface area contributed by atoms with Crippen LogP contribution in [-0.4, -0.2) is 30.1 Å². The molecule has 7 nitrogen and oxygen atoms in total. The second kappa shape index (κ2) is 7.85. The smallest absolute Gasteiger partial charge is 0.335 e. The van der Waals surface area contributed by atoms with Crippen molar-refractivity contribution in [1.29, 1.82) is 0 Å². The predicted octanol–water partition coefficient (Wildman–Crippen LogP) is 3.39. The van der Waals surface area contributed by atoms with Crippen molar-refractivity contribution in [3.63, 3.8) is 0 Å². The molecule has 144 valence electrons. The molecule has 0 aromatic heterocycles. The van der Waals surface area contributed by atoms with Gasteiger partial charge in [0.25, 0.3) is 11.8 Å². The number of phenols is 1. The van der Waals surface area contributed by atoms with E-state index in [1.54, 1.807) is 12.1 Å². The molecule has 0 saturated carbocycles. The normalized spacial score (nSPS) is 15.8. The van der Waals surface area contributed by atoms with Crippen LogP contribution in [0.3, 0.4) is 0 Å². The number of barbiturate groups is 1. The van der Waals surface area contributed by atoms with Gasteiger partial charge in [0.1, 0.15) is 5.57 Å². The van der Waals surface area contributed by atoms with E-state index in [1.807, 2.05) is 19.1 Å². The van der Waals surface area contributed by atoms with E-state index < -0.39 is 17.8 Å². The number of amides is 4. The van der Waals surface area contributed by atoms with Gasteiger partial charge in [-0.1, -0.05) is 19.1 Å². The Morgan fingerprint density at radius 1 is 1.18 bits per heavy atom. The number of imide groups is 2. The number of ether oxygens (including phenoxy) is 1. The van der Waals surface area contributed by atoms with E-state index in [1.165, 1.54) is 25.3 Å². The Kier molecular flexibility index (Phi) is 5.51. The first-order valence-electron chi connectivity index (χ1n) is 8.42. The van der Waals surface area contributed by atoms with Gasteiger partial charge in [-0.25, -0.2) is 9.69 Å². The summed E-state index contributed by atoms with van der Waals surface area (Å²) in [5, 5.41) is 12.1. The Morgan fingerprint density at radius 3 is 2.46 bits per heavy atom. The van der Waals surface area contributed by atoms with Gasteiger partial charge in [-0.15, -0.1) is 0 Å². The third-order valence-electron chi connectivity index (χ3n) is 4.29. The molecular weight excluding hydrogens is 428 g/mol. The minimum absolute atomic E-state index is 0.100. The van der Waals surface area contributed by atoms with Crippen molar-refractivity contribution in [1.82, 2.24) is 5.32 Å². The van der Waals surface area contributed by atoms with E-state index in [0.717, 1.165) is 16.9 Å². The van der Waals surface area contributed by atoms with Crippen LogP contribution in [0.2, 0.25) is 0 Å². The van der Waals surface area contributed by atoms with Crippen molar-refractivity contribution in [3.05, 3.63) is 57.6 Å². The zero-order valence-corrected chi connectivity index (χ0v) is 16.7. The first-order chi connectivity index (χ1) is 13.3. The fourth-order valence-corrected chi connectivity index (χ4v) is 3.23. The van der Waals surface area contributed by atoms with Crippen molar-refractivity contribution >= 4 is 45.5 Å². The fraction of sp³-hybridized carbons (Fsp3) is 0.150. The van der Waals surface area contributed by atoms with Crippen LogP contribution < -0.4 is 15.0 Å². The van der Waals surface area contributed by atoms with E-state index in [2.05, 4.69) is 21.2 Å². The lowest BCUT2D eigenvalue weighted by atomic mass is 10.1. The zero-order valence-electron chi connectivity index (χ0n) is 15.2. The van der Waals surface area contributed by atoms with Crippen LogP contribution in [0.5, 0.6) is 11.5 Å². The molecule has 1 aliphatic rings. The third kappa shape index (κ3) is 3.63. The Balaban J connectivity index is 2.02. The molecule has 0 spiro atoms. The average Bonchev–Trinajstić information content (AvgIpc) is 2.68. The van der Waals surface area contributed by atoms with Crippen LogP contribution in [-0.2, 0) is 16.0 Å². The van der Waals surface area contributed by atoms with Crippen LogP contribution in [0.1, 0.15) is 18.1 Å². The van der Waals surface area contributed by atoms with E-state index in [9.17, 15) is 19.5 Å². The van der Waals surface area contributed by atoms with Crippen LogP contribution in [0.4, 0.5) is 10.5 Å². The van der Waals surface area contributed by atoms with Crippen LogP contribution >= 0.6 is 15.9 Å². The number of urea groups is 1. The number of hydrogen-bond acceptors (Lipinski definition) is 5. The SMILES string of the molecule is CCc1ccc(N2C(=O)NC(=O)/C(=C/c3cc(Br)c(O)c(OC)c3)C2=O)cc1. The van der Waals surface area contributed by atoms with Gasteiger partial charge in [0.15, 0.2) is 11.5 Å². The fourth-order valence-electron chi connectivity index (χ4n) is 2.77. The van der Waals surface area contributed by atoms with E-state index in [-0.39, 0.29) is 17.1 Å². The molecule has 0 atom stereocenters. The lowest BCUT2D eigenvalue weighted by Gasteiger charge is -2.26. The highest BCUT2D eigenvalue weighted by atomic mass is 79.9. The number of methoxy groups -OCH3 is 1. The summed E-state index contributed by atoms with van der Waals surface area (Å²) in [6.07, 6.45) is 2.16. The van der Waals surface area contributed by atoms with Gasteiger partial charge in [0.05, 0.1) is 17.3 Å². The topological polar surface area (TPSA) is 95.9 Å². The number of aryl methyl sites for hydroxylation is 1. The van der Waals surface area contributed by atoms with Crippen molar-refractivity contribution < 1.29 is 24.2 Å². The highest BCUT2D eigenvalue weighted by Gasteiger charge is 2.36. The number of anilines is 1. The monoisotopic (exact) mass is 444 g/mol. The van der Waals surface area contributed by atoms with Gasteiger partial charge in [-0.3, -0.25) is 14.9 Å². The van der Waals surface area contributed by atoms with Gasteiger partial charge in [0.2, 0.25) is 0 Å². The average molecular weight is 445 g/mol. The van der Waals surface area contributed by atoms with E-state index in [4.69, 9.17) is 4.74 Å². The molecule has 0 aliphatic carbocycles. The summed E-state index contributed by atoms with van der Waals surface area (Å²) in [4.78, 5) is 38.3. The molecule has 2 aromatic carbocycles. The van der Waals surface area contributed by atoms with Crippen LogP contribution in [0.15, 0.2) is 46.4 Å². The van der Waals surface area contributed by atoms with Crippen molar-refractivity contribution in [3.8, 4) is 11.5 Å². The number of carbonyl (C=O) groups excluding carboxylic acids is 3. The third-order valence-corrected chi connectivity index (χ3v) is 4.89. The van der Waals surface area contributed by atoms with Gasteiger partial charge in [0, 0.05) is 0 Å². The highest BCUT2D eigenvalue weighted by Crippen LogP contribution is 2.36. The van der Waals surface area contributed by atoms with Crippen molar-refractivity contribution in [2.45, 2.75) is 13.3 Å². The lowest BCUT2D eigenvalue weighted by Crippen LogP contribution is -2.54. The summed E-state index contributed by atoms with van der Waals surface area (Å²) < 4.78 is 5.42. The molecular formula is C20H17BrN2O5. The van der Waals surface area contributed by atoms with Gasteiger partial charge in [-0.2, -0.15) is 0 Å². The van der Waals surface area contributed by atoms with Gasteiger partial charge in [-0.05, 0) is 63.8 Å². The Morgan fingerprint density at radius 2 is 1.86 bits per heavy atom. The molecule has 4 amide bonds. The van der Waals surface area contributed by atoms with Crippen molar-refractivity contribution in [2.75, 3.05) is 12.0 Å². The second-order valence-electron chi connectivity index (χ2n) is 6.03. The summed E-state index contributed by atoms with van der Waals surface area (Å²) in [5.41, 5.74) is 1.65. The molecule has 2 N–H and O–H groups in total. The first kappa shape index (κ1) is 19.6. The van der Waals surface area contributed by atoms with Crippen LogP contribution in [0.25, 0.3) is 6.08 Å². The molecule has 1 heterocycles. The molecule has 0 radical (unpaired) electrons. The summed E-state index contributed by atoms with van der Waals surface area (Å²) in [6, 6.07) is 9.15. The number of phenolic OH excluding ortho intramolecular Hbond substituents is 1. The summed E-state index contributed by atoms with van der Waals surface area (Å²) in [6.45, 7) is 2.00. The first-order valence-corrected chi connectivity index (χ1v) is 9.22. The van der Waals surface area contributed by atoms with E-state index in [0.29, 0.717) is 15.7 Å². The molecule has 3 rings (SSSR count). The largest absolute Gasteiger partial charge is 0.503 e. The molecule has 0 unspecified atom stereocenters. The molecule has 2 aromatic rings. The standard InChI is InChI=1S/C20H17BrN2O5/c1-3-11-4-6-13(7-5-11)23-19(26)14(18(25)22-20(23)27)8-12-9-15(21)17(24)16(10-12)28-2/h4-10,24H,3H2,1-2H3,(H,22,25,27)/b14-8-. The highest BCUT2D eigenvalue weighted by molar-refractivity contribution is 9.10. The Hall–Kier alpha value is -3.13. The predicted molar refractivity (Wildman–Crippen MR) is 107 cm³/mol. The maximum absolute atomic E-state index is 12.9. The van der Waals surface area contributed by atoms with Crippen molar-refractivity contribution in [2.24, 2.45) is 0 Å². The number of aromatic hydroxyl groups is 1. The van der Waals surface area contributed by atoms with Gasteiger partial charge >= 0.3 is 6.03 Å². The second-order valence-corrected chi connectivity index (χ2v) is 6.89. The zero-order chi connectivity index (χ0) is 20.4. The minimum atomic E-state index is -0.805. The van der Waals surface area contributed by atoms with Crippen LogP contribution in [0, 0.1) is 0 Å². The Bertz CT molecular complexity index is 998. The number of benzene rings is 2. The summed E-state index contributed by atoms with van der Waals surface area (Å²) >= 11 is 3.20. The Labute approximate surface area is 169 Å². The lowest BCUT2D eigenvalue weighted by molar-refractivity contribution is -0.122. The number of hydrogen-bond donors (Lipinski definition) is 2. The molecule has 1 saturated heterocycles. The maximum atomic E-state index is 12.9. The summed E-state index contributed by atoms with van der Waals surface area (Å²) in [5.74, 6) is -1.45. The number of halogens is 1. The number of carbonyl (C=O) groups is 3. The molecule has 1 aliphatic heterocycles. The molecule has 8 heteroatoms. The molecule has 28 heavy (non-hydrogen) atoms. The molecule has 1 fully saturated rings. The number of nitrogens with zero attached hydrogens (tertiary/aromatic N) is 1. The number of rotatable bonds is 4. The van der Waals surface area contributed by atoms with Gasteiger partial charge < -0.3 is 9.84 Å². The quantitative estimate of drug-likeness (QED) is 0.556.